The Labute approximate surface area is 117 Å². The van der Waals surface area contributed by atoms with Gasteiger partial charge in [0.2, 0.25) is 5.91 Å². The Hall–Kier alpha value is -2.11. The van der Waals surface area contributed by atoms with Gasteiger partial charge in [0.1, 0.15) is 0 Å². The van der Waals surface area contributed by atoms with Crippen molar-refractivity contribution < 1.29 is 9.72 Å². The molecule has 0 aliphatic carbocycles. The lowest BCUT2D eigenvalue weighted by molar-refractivity contribution is -0.384. The van der Waals surface area contributed by atoms with E-state index in [1.165, 1.54) is 12.1 Å². The van der Waals surface area contributed by atoms with Gasteiger partial charge in [-0.15, -0.1) is 0 Å². The number of rotatable bonds is 5. The fourth-order valence-electron chi connectivity index (χ4n) is 2.41. The van der Waals surface area contributed by atoms with Crippen LogP contribution in [0.5, 0.6) is 0 Å². The molecule has 0 atom stereocenters. The normalized spacial score (nSPS) is 14.3. The van der Waals surface area contributed by atoms with Gasteiger partial charge in [0.05, 0.1) is 16.3 Å². The maximum absolute atomic E-state index is 11.8. The highest BCUT2D eigenvalue weighted by molar-refractivity contribution is 5.95. The van der Waals surface area contributed by atoms with Crippen molar-refractivity contribution in [3.05, 3.63) is 28.3 Å². The van der Waals surface area contributed by atoms with Gasteiger partial charge in [0.25, 0.3) is 5.69 Å². The summed E-state index contributed by atoms with van der Waals surface area (Å²) in [5.41, 5.74) is 1.41. The summed E-state index contributed by atoms with van der Waals surface area (Å²) in [5.74, 6) is -0.103. The number of amides is 1. The van der Waals surface area contributed by atoms with Gasteiger partial charge < -0.3 is 10.2 Å². The number of nitro groups is 1. The molecule has 1 heterocycles. The molecule has 20 heavy (non-hydrogen) atoms. The van der Waals surface area contributed by atoms with Crippen LogP contribution in [-0.2, 0) is 4.79 Å². The van der Waals surface area contributed by atoms with Crippen LogP contribution in [0.2, 0.25) is 0 Å². The monoisotopic (exact) mass is 277 g/mol. The van der Waals surface area contributed by atoms with Crippen molar-refractivity contribution in [1.82, 2.24) is 0 Å². The van der Waals surface area contributed by atoms with E-state index in [-0.39, 0.29) is 11.6 Å². The fourth-order valence-corrected chi connectivity index (χ4v) is 2.41. The summed E-state index contributed by atoms with van der Waals surface area (Å²) in [6.45, 7) is 3.78. The quantitative estimate of drug-likeness (QED) is 0.663. The molecule has 0 bridgehead atoms. The second-order valence-corrected chi connectivity index (χ2v) is 4.95. The van der Waals surface area contributed by atoms with Crippen molar-refractivity contribution >= 4 is 23.0 Å². The number of benzene rings is 1. The average Bonchev–Trinajstić information content (AvgIpc) is 2.92. The number of nitrogens with one attached hydrogen (secondary N) is 1. The van der Waals surface area contributed by atoms with E-state index < -0.39 is 4.92 Å². The van der Waals surface area contributed by atoms with Gasteiger partial charge >= 0.3 is 0 Å². The molecule has 108 valence electrons. The number of hydrogen-bond donors (Lipinski definition) is 1. The molecule has 0 unspecified atom stereocenters. The lowest BCUT2D eigenvalue weighted by Gasteiger charge is -2.21. The van der Waals surface area contributed by atoms with Crippen molar-refractivity contribution in [3.63, 3.8) is 0 Å². The maximum Gasteiger partial charge on any atom is 0.271 e. The van der Waals surface area contributed by atoms with Crippen LogP contribution >= 0.6 is 0 Å². The van der Waals surface area contributed by atoms with Gasteiger partial charge in [-0.2, -0.15) is 0 Å². The first-order valence-corrected chi connectivity index (χ1v) is 6.95. The van der Waals surface area contributed by atoms with E-state index in [0.717, 1.165) is 38.0 Å². The minimum absolute atomic E-state index is 0.000236. The van der Waals surface area contributed by atoms with Gasteiger partial charge in [-0.3, -0.25) is 14.9 Å². The van der Waals surface area contributed by atoms with Gasteiger partial charge in [-0.1, -0.05) is 6.92 Å². The van der Waals surface area contributed by atoms with Crippen LogP contribution in [0.25, 0.3) is 0 Å². The zero-order chi connectivity index (χ0) is 14.5. The van der Waals surface area contributed by atoms with E-state index in [2.05, 4.69) is 10.2 Å². The Balaban J connectivity index is 2.29. The molecule has 0 saturated carbocycles. The minimum atomic E-state index is -0.441. The second-order valence-electron chi connectivity index (χ2n) is 4.95. The predicted molar refractivity (Wildman–Crippen MR) is 78.1 cm³/mol. The topological polar surface area (TPSA) is 75.5 Å². The molecule has 1 aliphatic rings. The van der Waals surface area contributed by atoms with Gasteiger partial charge in [0, 0.05) is 31.6 Å². The Bertz CT molecular complexity index is 510. The molecule has 1 fully saturated rings. The zero-order valence-corrected chi connectivity index (χ0v) is 11.6. The number of carbonyl (C=O) groups excluding carboxylic acids is 1. The predicted octanol–water partition coefficient (Wildman–Crippen LogP) is 2.93. The lowest BCUT2D eigenvalue weighted by atomic mass is 10.2. The summed E-state index contributed by atoms with van der Waals surface area (Å²) >= 11 is 0. The summed E-state index contributed by atoms with van der Waals surface area (Å²) in [7, 11) is 0. The molecule has 6 nitrogen and oxygen atoms in total. The van der Waals surface area contributed by atoms with E-state index in [9.17, 15) is 14.9 Å². The van der Waals surface area contributed by atoms with Crippen LogP contribution < -0.4 is 10.2 Å². The third-order valence-electron chi connectivity index (χ3n) is 3.39. The highest BCUT2D eigenvalue weighted by Crippen LogP contribution is 2.32. The third kappa shape index (κ3) is 3.26. The molecule has 0 spiro atoms. The number of non-ortho nitro benzene ring substituents is 1. The van der Waals surface area contributed by atoms with Crippen LogP contribution in [0.4, 0.5) is 17.1 Å². The van der Waals surface area contributed by atoms with E-state index in [0.29, 0.717) is 12.1 Å². The third-order valence-corrected chi connectivity index (χ3v) is 3.39. The van der Waals surface area contributed by atoms with Crippen molar-refractivity contribution in [3.8, 4) is 0 Å². The van der Waals surface area contributed by atoms with Crippen LogP contribution in [0.1, 0.15) is 32.6 Å². The highest BCUT2D eigenvalue weighted by Gasteiger charge is 2.19. The first-order valence-electron chi connectivity index (χ1n) is 6.95. The van der Waals surface area contributed by atoms with E-state index >= 15 is 0 Å². The smallest absolute Gasteiger partial charge is 0.271 e. The first-order chi connectivity index (χ1) is 9.61. The molecule has 1 N–H and O–H groups in total. The summed E-state index contributed by atoms with van der Waals surface area (Å²) in [6, 6.07) is 4.66. The summed E-state index contributed by atoms with van der Waals surface area (Å²) < 4.78 is 0. The number of hydrogen-bond acceptors (Lipinski definition) is 4. The Kier molecular flexibility index (Phi) is 4.55. The second kappa shape index (κ2) is 6.36. The summed E-state index contributed by atoms with van der Waals surface area (Å²) in [6.07, 6.45) is 3.39. The van der Waals surface area contributed by atoms with Crippen LogP contribution in [-0.4, -0.2) is 23.9 Å². The van der Waals surface area contributed by atoms with Crippen LogP contribution in [0.3, 0.4) is 0 Å². The SMILES string of the molecule is CCCC(=O)Nc1cc([N+](=O)[O-])ccc1N1CCCC1. The minimum Gasteiger partial charge on any atom is -0.370 e. The molecule has 0 aromatic heterocycles. The van der Waals surface area contributed by atoms with Crippen molar-refractivity contribution in [1.29, 1.82) is 0 Å². The lowest BCUT2D eigenvalue weighted by Crippen LogP contribution is -2.21. The number of carbonyl (C=O) groups is 1. The first kappa shape index (κ1) is 14.3. The van der Waals surface area contributed by atoms with Gasteiger partial charge in [-0.25, -0.2) is 0 Å². The largest absolute Gasteiger partial charge is 0.370 e. The summed E-state index contributed by atoms with van der Waals surface area (Å²) in [5, 5.41) is 13.7. The van der Waals surface area contributed by atoms with Crippen molar-refractivity contribution in [2.24, 2.45) is 0 Å². The number of nitro benzene ring substituents is 1. The van der Waals surface area contributed by atoms with Crippen molar-refractivity contribution in [2.75, 3.05) is 23.3 Å². The molecule has 1 aromatic rings. The summed E-state index contributed by atoms with van der Waals surface area (Å²) in [4.78, 5) is 24.4. The Morgan fingerprint density at radius 2 is 2.10 bits per heavy atom. The molecule has 0 radical (unpaired) electrons. The Morgan fingerprint density at radius 1 is 1.40 bits per heavy atom. The molecular weight excluding hydrogens is 258 g/mol. The molecule has 1 amide bonds. The highest BCUT2D eigenvalue weighted by atomic mass is 16.6. The average molecular weight is 277 g/mol. The van der Waals surface area contributed by atoms with Gasteiger partial charge in [0.15, 0.2) is 0 Å². The van der Waals surface area contributed by atoms with Crippen LogP contribution in [0, 0.1) is 10.1 Å². The molecule has 2 rings (SSSR count). The zero-order valence-electron chi connectivity index (χ0n) is 11.6. The molecule has 6 heteroatoms. The maximum atomic E-state index is 11.8. The van der Waals surface area contributed by atoms with E-state index in [1.807, 2.05) is 6.92 Å². The molecule has 1 aliphatic heterocycles. The van der Waals surface area contributed by atoms with E-state index in [1.54, 1.807) is 6.07 Å². The number of nitrogens with zero attached hydrogens (tertiary/aromatic N) is 2. The van der Waals surface area contributed by atoms with Crippen LogP contribution in [0.15, 0.2) is 18.2 Å². The molecule has 1 aromatic carbocycles. The van der Waals surface area contributed by atoms with Gasteiger partial charge in [-0.05, 0) is 25.3 Å². The standard InChI is InChI=1S/C14H19N3O3/c1-2-5-14(18)15-12-10-11(17(19)20)6-7-13(12)16-8-3-4-9-16/h6-7,10H,2-5,8-9H2,1H3,(H,15,18). The molecular formula is C14H19N3O3. The molecule has 1 saturated heterocycles. The van der Waals surface area contributed by atoms with E-state index in [4.69, 9.17) is 0 Å². The number of anilines is 2. The Morgan fingerprint density at radius 3 is 2.70 bits per heavy atom. The fraction of sp³-hybridized carbons (Fsp3) is 0.500. The van der Waals surface area contributed by atoms with Crippen molar-refractivity contribution in [2.45, 2.75) is 32.6 Å².